The number of allylic oxidation sites excluding steroid dienone is 1. The Hall–Kier alpha value is -2.92. The van der Waals surface area contributed by atoms with Crippen LogP contribution >= 0.6 is 27.7 Å². The Kier molecular flexibility index (Phi) is 7.19. The Bertz CT molecular complexity index is 1210. The molecule has 0 atom stereocenters. The normalized spacial score (nSPS) is 11.6. The molecule has 166 valence electrons. The van der Waals surface area contributed by atoms with Crippen LogP contribution in [0.2, 0.25) is 0 Å². The van der Waals surface area contributed by atoms with Crippen LogP contribution in [0.25, 0.3) is 6.08 Å². The number of nitro groups is 1. The van der Waals surface area contributed by atoms with Crippen molar-refractivity contribution in [2.24, 2.45) is 0 Å². The molecule has 3 aromatic carbocycles. The van der Waals surface area contributed by atoms with E-state index in [4.69, 9.17) is 0 Å². The largest absolute Gasteiger partial charge is 0.502 e. The summed E-state index contributed by atoms with van der Waals surface area (Å²) in [6.45, 7) is 0. The van der Waals surface area contributed by atoms with Crippen molar-refractivity contribution in [2.45, 2.75) is 11.3 Å². The van der Waals surface area contributed by atoms with Crippen LogP contribution in [0.1, 0.15) is 11.1 Å². The highest BCUT2D eigenvalue weighted by atomic mass is 79.9. The fourth-order valence-electron chi connectivity index (χ4n) is 2.71. The number of benzene rings is 3. The molecule has 0 bridgehead atoms. The molecule has 0 aromatic heterocycles. The van der Waals surface area contributed by atoms with E-state index in [2.05, 4.69) is 15.9 Å². The van der Waals surface area contributed by atoms with Crippen molar-refractivity contribution >= 4 is 39.5 Å². The second kappa shape index (κ2) is 9.70. The molecular formula is C21H11BrF5NO3S. The smallest absolute Gasteiger partial charge is 0.311 e. The Morgan fingerprint density at radius 1 is 0.969 bits per heavy atom. The van der Waals surface area contributed by atoms with Crippen molar-refractivity contribution in [3.63, 3.8) is 0 Å². The molecule has 0 aliphatic carbocycles. The number of halogens is 6. The van der Waals surface area contributed by atoms with Gasteiger partial charge in [0, 0.05) is 27.4 Å². The Morgan fingerprint density at radius 2 is 1.53 bits per heavy atom. The first-order valence-electron chi connectivity index (χ1n) is 8.70. The fourth-order valence-corrected chi connectivity index (χ4v) is 3.96. The Morgan fingerprint density at radius 3 is 2.09 bits per heavy atom. The molecule has 0 fully saturated rings. The van der Waals surface area contributed by atoms with Crippen molar-refractivity contribution in [1.29, 1.82) is 0 Å². The van der Waals surface area contributed by atoms with E-state index in [-0.39, 0.29) is 10.5 Å². The molecule has 4 nitrogen and oxygen atoms in total. The second-order valence-corrected chi connectivity index (χ2v) is 8.51. The van der Waals surface area contributed by atoms with Crippen LogP contribution in [0.5, 0.6) is 5.75 Å². The van der Waals surface area contributed by atoms with Crippen LogP contribution in [0.4, 0.5) is 27.6 Å². The van der Waals surface area contributed by atoms with Gasteiger partial charge in [0.05, 0.1) is 4.92 Å². The fraction of sp³-hybridized carbons (Fsp3) is 0.0476. The zero-order chi connectivity index (χ0) is 23.6. The van der Waals surface area contributed by atoms with Crippen LogP contribution in [0.3, 0.4) is 0 Å². The van der Waals surface area contributed by atoms with Gasteiger partial charge in [0.1, 0.15) is 0 Å². The van der Waals surface area contributed by atoms with Crippen molar-refractivity contribution in [3.8, 4) is 5.75 Å². The SMILES string of the molecule is O=[N+]([O-])c1cc(/C=C(\Cc2c(F)c(F)c(F)c(F)c2F)Sc2ccc(Br)cc2)ccc1O. The minimum absolute atomic E-state index is 0.135. The highest BCUT2D eigenvalue weighted by Gasteiger charge is 2.26. The maximum absolute atomic E-state index is 14.2. The number of thioether (sulfide) groups is 1. The highest BCUT2D eigenvalue weighted by molar-refractivity contribution is 9.10. The van der Waals surface area contributed by atoms with E-state index in [9.17, 15) is 37.2 Å². The predicted octanol–water partition coefficient (Wildman–Crippen LogP) is 7.13. The molecule has 3 aromatic rings. The number of nitrogens with zero attached hydrogens (tertiary/aromatic N) is 1. The maximum atomic E-state index is 14.2. The van der Waals surface area contributed by atoms with Crippen molar-refractivity contribution < 1.29 is 32.0 Å². The molecule has 3 rings (SSSR count). The number of aromatic hydroxyl groups is 1. The van der Waals surface area contributed by atoms with Gasteiger partial charge in [-0.25, -0.2) is 22.0 Å². The van der Waals surface area contributed by atoms with E-state index < -0.39 is 57.4 Å². The number of phenols is 1. The standard InChI is InChI=1S/C21H11BrF5NO3S/c22-11-2-4-12(5-3-11)32-13(7-10-1-6-16(29)15(8-10)28(30)31)9-14-17(23)19(25)21(27)20(26)18(14)24/h1-8,29H,9H2/b13-7+. The third-order valence-corrected chi connectivity index (χ3v) is 5.80. The van der Waals surface area contributed by atoms with E-state index >= 15 is 0 Å². The summed E-state index contributed by atoms with van der Waals surface area (Å²) in [6, 6.07) is 10.1. The average molecular weight is 532 g/mol. The van der Waals surface area contributed by atoms with Gasteiger partial charge in [-0.15, -0.1) is 0 Å². The van der Waals surface area contributed by atoms with Gasteiger partial charge in [-0.05, 0) is 46.9 Å². The topological polar surface area (TPSA) is 63.4 Å². The molecule has 0 aliphatic heterocycles. The predicted molar refractivity (Wildman–Crippen MR) is 113 cm³/mol. The van der Waals surface area contributed by atoms with E-state index in [1.54, 1.807) is 24.3 Å². The van der Waals surface area contributed by atoms with Crippen LogP contribution < -0.4 is 0 Å². The summed E-state index contributed by atoms with van der Waals surface area (Å²) < 4.78 is 69.9. The Balaban J connectivity index is 2.10. The second-order valence-electron chi connectivity index (χ2n) is 6.40. The van der Waals surface area contributed by atoms with Gasteiger partial charge in [-0.3, -0.25) is 10.1 Å². The first kappa shape index (κ1) is 23.7. The van der Waals surface area contributed by atoms with E-state index in [0.717, 1.165) is 28.4 Å². The van der Waals surface area contributed by atoms with Crippen LogP contribution in [-0.4, -0.2) is 10.0 Å². The van der Waals surface area contributed by atoms with E-state index in [0.29, 0.717) is 4.90 Å². The molecule has 1 N–H and O–H groups in total. The van der Waals surface area contributed by atoms with Gasteiger partial charge in [-0.2, -0.15) is 0 Å². The summed E-state index contributed by atoms with van der Waals surface area (Å²) >= 11 is 4.23. The first-order chi connectivity index (χ1) is 15.1. The zero-order valence-corrected chi connectivity index (χ0v) is 18.1. The van der Waals surface area contributed by atoms with Gasteiger partial charge < -0.3 is 5.11 Å². The molecular weight excluding hydrogens is 521 g/mol. The number of phenolic OH excluding ortho intramolecular Hbond substituents is 1. The summed E-state index contributed by atoms with van der Waals surface area (Å²) in [5.41, 5.74) is -1.47. The lowest BCUT2D eigenvalue weighted by atomic mass is 10.1. The summed E-state index contributed by atoms with van der Waals surface area (Å²) in [4.78, 5) is 11.0. The summed E-state index contributed by atoms with van der Waals surface area (Å²) in [5.74, 6) is -10.9. The molecule has 0 radical (unpaired) electrons. The third kappa shape index (κ3) is 5.10. The van der Waals surface area contributed by atoms with Gasteiger partial charge in [0.2, 0.25) is 5.82 Å². The first-order valence-corrected chi connectivity index (χ1v) is 10.3. The summed E-state index contributed by atoms with van der Waals surface area (Å²) in [7, 11) is 0. The molecule has 0 unspecified atom stereocenters. The van der Waals surface area contributed by atoms with Gasteiger partial charge >= 0.3 is 5.69 Å². The Labute approximate surface area is 190 Å². The molecule has 32 heavy (non-hydrogen) atoms. The minimum atomic E-state index is -2.26. The van der Waals surface area contributed by atoms with E-state index in [1.165, 1.54) is 12.1 Å². The minimum Gasteiger partial charge on any atom is -0.502 e. The third-order valence-electron chi connectivity index (χ3n) is 4.24. The quantitative estimate of drug-likeness (QED) is 0.0916. The summed E-state index contributed by atoms with van der Waals surface area (Å²) in [6.07, 6.45) is 0.623. The van der Waals surface area contributed by atoms with Gasteiger partial charge in [0.25, 0.3) is 0 Å². The molecule has 0 saturated heterocycles. The van der Waals surface area contributed by atoms with Crippen LogP contribution in [0.15, 0.2) is 56.7 Å². The lowest BCUT2D eigenvalue weighted by Gasteiger charge is -2.12. The lowest BCUT2D eigenvalue weighted by Crippen LogP contribution is -2.07. The van der Waals surface area contributed by atoms with Crippen molar-refractivity contribution in [3.05, 3.63) is 102 Å². The molecule has 11 heteroatoms. The zero-order valence-electron chi connectivity index (χ0n) is 15.7. The van der Waals surface area contributed by atoms with Gasteiger partial charge in [0.15, 0.2) is 29.0 Å². The average Bonchev–Trinajstić information content (AvgIpc) is 2.76. The number of hydrogen-bond acceptors (Lipinski definition) is 4. The number of rotatable bonds is 6. The van der Waals surface area contributed by atoms with Crippen LogP contribution in [0, 0.1) is 39.2 Å². The van der Waals surface area contributed by atoms with Crippen molar-refractivity contribution in [2.75, 3.05) is 0 Å². The molecule has 0 saturated carbocycles. The molecule has 0 amide bonds. The van der Waals surface area contributed by atoms with Gasteiger partial charge in [-0.1, -0.05) is 33.8 Å². The molecule has 0 heterocycles. The lowest BCUT2D eigenvalue weighted by molar-refractivity contribution is -0.385. The van der Waals surface area contributed by atoms with Crippen LogP contribution in [-0.2, 0) is 6.42 Å². The summed E-state index contributed by atoms with van der Waals surface area (Å²) in [5, 5.41) is 20.7. The molecule has 0 aliphatic rings. The number of hydrogen-bond donors (Lipinski definition) is 1. The van der Waals surface area contributed by atoms with E-state index in [1.807, 2.05) is 0 Å². The monoisotopic (exact) mass is 531 g/mol. The van der Waals surface area contributed by atoms with Crippen molar-refractivity contribution in [1.82, 2.24) is 0 Å². The molecule has 0 spiro atoms. The maximum Gasteiger partial charge on any atom is 0.311 e. The number of nitro benzene ring substituents is 1. The highest BCUT2D eigenvalue weighted by Crippen LogP contribution is 2.35.